The summed E-state index contributed by atoms with van der Waals surface area (Å²) in [6.45, 7) is 3.20. The molecule has 0 saturated carbocycles. The number of aromatic nitrogens is 2. The first-order chi connectivity index (χ1) is 13.4. The van der Waals surface area contributed by atoms with Gasteiger partial charge in [0.25, 0.3) is 0 Å². The number of carbonyl (C=O) groups is 2. The quantitative estimate of drug-likeness (QED) is 0.862. The van der Waals surface area contributed by atoms with Crippen molar-refractivity contribution in [2.45, 2.75) is 26.0 Å². The number of nitrogens with one attached hydrogen (secondary N) is 1. The van der Waals surface area contributed by atoms with Crippen LogP contribution in [-0.2, 0) is 29.5 Å². The molecule has 0 bridgehead atoms. The largest absolute Gasteiger partial charge is 0.442 e. The maximum Gasteiger partial charge on any atom is 0.414 e. The van der Waals surface area contributed by atoms with Gasteiger partial charge in [-0.25, -0.2) is 9.18 Å². The third kappa shape index (κ3) is 3.39. The second-order valence-electron chi connectivity index (χ2n) is 7.10. The Morgan fingerprint density at radius 3 is 3.00 bits per heavy atom. The number of halogens is 1. The Bertz CT molecular complexity index is 928. The van der Waals surface area contributed by atoms with Crippen molar-refractivity contribution in [3.05, 3.63) is 41.5 Å². The monoisotopic (exact) mass is 387 g/mol. The van der Waals surface area contributed by atoms with Crippen LogP contribution in [0.1, 0.15) is 18.2 Å². The highest BCUT2D eigenvalue weighted by Gasteiger charge is 2.33. The van der Waals surface area contributed by atoms with Gasteiger partial charge >= 0.3 is 6.09 Å². The fourth-order valence-electron chi connectivity index (χ4n) is 3.71. The summed E-state index contributed by atoms with van der Waals surface area (Å²) >= 11 is 0. The van der Waals surface area contributed by atoms with Gasteiger partial charge in [0.05, 0.1) is 30.7 Å². The predicted octanol–water partition coefficient (Wildman–Crippen LogP) is 1.58. The molecule has 1 saturated heterocycles. The van der Waals surface area contributed by atoms with Gasteiger partial charge in [0, 0.05) is 44.7 Å². The molecule has 2 aliphatic rings. The van der Waals surface area contributed by atoms with Crippen molar-refractivity contribution in [3.8, 4) is 0 Å². The lowest BCUT2D eigenvalue weighted by molar-refractivity contribution is -0.119. The molecule has 1 atom stereocenters. The molecule has 2 aromatic rings. The van der Waals surface area contributed by atoms with Crippen molar-refractivity contribution >= 4 is 23.4 Å². The zero-order valence-corrected chi connectivity index (χ0v) is 15.8. The molecule has 3 heterocycles. The Kier molecular flexibility index (Phi) is 4.66. The number of hydrogen-bond acceptors (Lipinski definition) is 5. The van der Waals surface area contributed by atoms with Gasteiger partial charge in [0.1, 0.15) is 11.9 Å². The average molecular weight is 387 g/mol. The SMILES string of the molecule is CC(=O)NC[C@H]1CN(c2ccc(N3CCc4c(cnn4C)C3)c(F)c2)C(=O)O1. The van der Waals surface area contributed by atoms with Crippen LogP contribution >= 0.6 is 0 Å². The van der Waals surface area contributed by atoms with E-state index in [2.05, 4.69) is 10.4 Å². The molecule has 1 aromatic carbocycles. The predicted molar refractivity (Wildman–Crippen MR) is 101 cm³/mol. The van der Waals surface area contributed by atoms with E-state index in [1.807, 2.05) is 22.8 Å². The van der Waals surface area contributed by atoms with Crippen LogP contribution in [0, 0.1) is 5.82 Å². The van der Waals surface area contributed by atoms with Gasteiger partial charge in [-0.15, -0.1) is 0 Å². The van der Waals surface area contributed by atoms with Crippen molar-refractivity contribution in [2.75, 3.05) is 29.4 Å². The first-order valence-electron chi connectivity index (χ1n) is 9.19. The molecule has 0 unspecified atom stereocenters. The molecule has 148 valence electrons. The number of amides is 2. The zero-order chi connectivity index (χ0) is 19.8. The number of rotatable bonds is 4. The van der Waals surface area contributed by atoms with E-state index in [9.17, 15) is 14.0 Å². The molecule has 1 aromatic heterocycles. The van der Waals surface area contributed by atoms with Crippen molar-refractivity contribution in [3.63, 3.8) is 0 Å². The van der Waals surface area contributed by atoms with Crippen LogP contribution in [0.25, 0.3) is 0 Å². The molecule has 1 N–H and O–H groups in total. The van der Waals surface area contributed by atoms with Crippen molar-refractivity contribution < 1.29 is 18.7 Å². The van der Waals surface area contributed by atoms with E-state index < -0.39 is 12.2 Å². The van der Waals surface area contributed by atoms with Gasteiger partial charge in [0.15, 0.2) is 0 Å². The topological polar surface area (TPSA) is 79.7 Å². The molecule has 9 heteroatoms. The Hall–Kier alpha value is -3.10. The fourth-order valence-corrected chi connectivity index (χ4v) is 3.71. The second kappa shape index (κ2) is 7.14. The van der Waals surface area contributed by atoms with Gasteiger partial charge in [-0.2, -0.15) is 5.10 Å². The number of anilines is 2. The Morgan fingerprint density at radius 1 is 1.43 bits per heavy atom. The first-order valence-corrected chi connectivity index (χ1v) is 9.19. The van der Waals surface area contributed by atoms with Gasteiger partial charge in [-0.1, -0.05) is 0 Å². The molecule has 2 aliphatic heterocycles. The number of cyclic esters (lactones) is 1. The molecule has 8 nitrogen and oxygen atoms in total. The van der Waals surface area contributed by atoms with Crippen LogP contribution in [0.15, 0.2) is 24.4 Å². The smallest absolute Gasteiger partial charge is 0.414 e. The summed E-state index contributed by atoms with van der Waals surface area (Å²) in [7, 11) is 1.91. The van der Waals surface area contributed by atoms with Crippen LogP contribution in [0.3, 0.4) is 0 Å². The van der Waals surface area contributed by atoms with E-state index in [4.69, 9.17) is 4.74 Å². The minimum Gasteiger partial charge on any atom is -0.442 e. The number of ether oxygens (including phenoxy) is 1. The van der Waals surface area contributed by atoms with Gasteiger partial charge in [-0.3, -0.25) is 14.4 Å². The van der Waals surface area contributed by atoms with E-state index in [1.54, 1.807) is 12.1 Å². The minimum atomic E-state index is -0.541. The van der Waals surface area contributed by atoms with E-state index in [1.165, 1.54) is 23.6 Å². The van der Waals surface area contributed by atoms with Crippen molar-refractivity contribution in [1.29, 1.82) is 0 Å². The summed E-state index contributed by atoms with van der Waals surface area (Å²) in [5, 5.41) is 6.89. The molecule has 4 rings (SSSR count). The zero-order valence-electron chi connectivity index (χ0n) is 15.8. The lowest BCUT2D eigenvalue weighted by Gasteiger charge is -2.29. The van der Waals surface area contributed by atoms with Crippen molar-refractivity contribution in [1.82, 2.24) is 15.1 Å². The highest BCUT2D eigenvalue weighted by Crippen LogP contribution is 2.30. The number of fused-ring (bicyclic) bond motifs is 1. The van der Waals surface area contributed by atoms with E-state index in [-0.39, 0.29) is 24.8 Å². The van der Waals surface area contributed by atoms with Crippen molar-refractivity contribution in [2.24, 2.45) is 7.05 Å². The summed E-state index contributed by atoms with van der Waals surface area (Å²) in [6.07, 6.45) is 1.63. The summed E-state index contributed by atoms with van der Waals surface area (Å²) < 4.78 is 21.9. The minimum absolute atomic E-state index is 0.191. The number of nitrogens with zero attached hydrogens (tertiary/aromatic N) is 4. The van der Waals surface area contributed by atoms with Gasteiger partial charge in [0.2, 0.25) is 5.91 Å². The molecule has 1 fully saturated rings. The standard InChI is InChI=1S/C19H22FN5O3/c1-12(26)21-9-15-11-25(19(27)28-15)14-3-4-18(16(20)7-14)24-6-5-17-13(10-24)8-22-23(17)2/h3-4,7-8,15H,5-6,9-11H2,1-2H3,(H,21,26)/t15-/m0/s1. The molecule has 0 aliphatic carbocycles. The van der Waals surface area contributed by atoms with Gasteiger partial charge in [-0.05, 0) is 18.2 Å². The lowest BCUT2D eigenvalue weighted by Crippen LogP contribution is -2.33. The van der Waals surface area contributed by atoms with Crippen LogP contribution in [0.4, 0.5) is 20.6 Å². The highest BCUT2D eigenvalue weighted by atomic mass is 19.1. The Labute approximate surface area is 161 Å². The summed E-state index contributed by atoms with van der Waals surface area (Å²) in [6, 6.07) is 4.77. The lowest BCUT2D eigenvalue weighted by atomic mass is 10.1. The number of carbonyl (C=O) groups excluding carboxylic acids is 2. The normalized spacial score (nSPS) is 18.8. The molecule has 0 radical (unpaired) electrons. The van der Waals surface area contributed by atoms with Crippen LogP contribution < -0.4 is 15.1 Å². The second-order valence-corrected chi connectivity index (χ2v) is 7.10. The molecule has 0 spiro atoms. The maximum absolute atomic E-state index is 14.8. The third-order valence-corrected chi connectivity index (χ3v) is 5.16. The van der Waals surface area contributed by atoms with Crippen LogP contribution in [-0.4, -0.2) is 47.5 Å². The Morgan fingerprint density at radius 2 is 2.25 bits per heavy atom. The van der Waals surface area contributed by atoms with Gasteiger partial charge < -0.3 is 15.0 Å². The van der Waals surface area contributed by atoms with E-state index >= 15 is 0 Å². The third-order valence-electron chi connectivity index (χ3n) is 5.16. The number of aryl methyl sites for hydroxylation is 1. The van der Waals surface area contributed by atoms with E-state index in [0.29, 0.717) is 24.5 Å². The van der Waals surface area contributed by atoms with E-state index in [0.717, 1.165) is 12.0 Å². The number of benzene rings is 1. The fraction of sp³-hybridized carbons (Fsp3) is 0.421. The summed E-state index contributed by atoms with van der Waals surface area (Å²) in [4.78, 5) is 26.5. The number of hydrogen-bond donors (Lipinski definition) is 1. The molecular formula is C19H22FN5O3. The summed E-state index contributed by atoms with van der Waals surface area (Å²) in [5.74, 6) is -0.578. The maximum atomic E-state index is 14.8. The average Bonchev–Trinajstić information content (AvgIpc) is 3.22. The molecular weight excluding hydrogens is 365 g/mol. The highest BCUT2D eigenvalue weighted by molar-refractivity contribution is 5.90. The molecule has 28 heavy (non-hydrogen) atoms. The Balaban J connectivity index is 1.48. The first kappa shape index (κ1) is 18.3. The molecule has 2 amide bonds. The van der Waals surface area contributed by atoms with Crippen LogP contribution in [0.5, 0.6) is 0 Å². The summed E-state index contributed by atoms with van der Waals surface area (Å²) in [5.41, 5.74) is 3.22. The van der Waals surface area contributed by atoms with Crippen LogP contribution in [0.2, 0.25) is 0 Å².